The van der Waals surface area contributed by atoms with Crippen LogP contribution in [0.25, 0.3) is 0 Å². The molecule has 3 nitrogen and oxygen atoms in total. The highest BCUT2D eigenvalue weighted by atomic mass is 35.5. The first-order chi connectivity index (χ1) is 14.0. The van der Waals surface area contributed by atoms with Crippen LogP contribution in [0.15, 0.2) is 60.7 Å². The van der Waals surface area contributed by atoms with E-state index in [9.17, 15) is 8.78 Å². The fourth-order valence-electron chi connectivity index (χ4n) is 2.85. The monoisotopic (exact) mass is 417 g/mol. The number of hydrogen-bond donors (Lipinski definition) is 1. The molecule has 3 aromatic rings. The van der Waals surface area contributed by atoms with Crippen molar-refractivity contribution in [3.05, 3.63) is 94.0 Å². The molecule has 0 aliphatic heterocycles. The SMILES string of the molecule is COc1cc(CNCCc2ccc(F)cc2)ccc1OCc1ccc(F)cc1Cl. The van der Waals surface area contributed by atoms with E-state index in [0.29, 0.717) is 28.6 Å². The Bertz CT molecular complexity index is 948. The molecule has 0 aliphatic carbocycles. The van der Waals surface area contributed by atoms with Gasteiger partial charge in [0, 0.05) is 12.1 Å². The van der Waals surface area contributed by atoms with Gasteiger partial charge >= 0.3 is 0 Å². The fraction of sp³-hybridized carbons (Fsp3) is 0.217. The molecule has 0 fully saturated rings. The van der Waals surface area contributed by atoms with Gasteiger partial charge in [0.05, 0.1) is 12.1 Å². The van der Waals surface area contributed by atoms with Crippen LogP contribution in [0, 0.1) is 11.6 Å². The number of methoxy groups -OCH3 is 1. The number of halogens is 3. The zero-order chi connectivity index (χ0) is 20.6. The predicted molar refractivity (Wildman–Crippen MR) is 111 cm³/mol. The summed E-state index contributed by atoms with van der Waals surface area (Å²) in [7, 11) is 1.58. The molecular weight excluding hydrogens is 396 g/mol. The molecule has 152 valence electrons. The fourth-order valence-corrected chi connectivity index (χ4v) is 3.07. The van der Waals surface area contributed by atoms with Gasteiger partial charge in [-0.15, -0.1) is 0 Å². The summed E-state index contributed by atoms with van der Waals surface area (Å²) in [6, 6.07) is 16.4. The van der Waals surface area contributed by atoms with Gasteiger partial charge in [0.15, 0.2) is 11.5 Å². The molecule has 0 radical (unpaired) electrons. The second-order valence-electron chi connectivity index (χ2n) is 6.56. The molecule has 3 aromatic carbocycles. The lowest BCUT2D eigenvalue weighted by Gasteiger charge is -2.13. The molecule has 3 rings (SSSR count). The average molecular weight is 418 g/mol. The Labute approximate surface area is 174 Å². The van der Waals surface area contributed by atoms with E-state index in [1.807, 2.05) is 18.2 Å². The summed E-state index contributed by atoms with van der Waals surface area (Å²) in [5.74, 6) is 0.592. The minimum absolute atomic E-state index is 0.213. The molecule has 6 heteroatoms. The van der Waals surface area contributed by atoms with E-state index in [1.54, 1.807) is 25.3 Å². The Morgan fingerprint density at radius 2 is 1.59 bits per heavy atom. The summed E-state index contributed by atoms with van der Waals surface area (Å²) < 4.78 is 37.3. The molecule has 0 saturated carbocycles. The van der Waals surface area contributed by atoms with Crippen LogP contribution in [0.2, 0.25) is 5.02 Å². The zero-order valence-corrected chi connectivity index (χ0v) is 16.8. The van der Waals surface area contributed by atoms with E-state index in [1.165, 1.54) is 24.3 Å². The van der Waals surface area contributed by atoms with Crippen molar-refractivity contribution < 1.29 is 18.3 Å². The van der Waals surface area contributed by atoms with Crippen LogP contribution in [0.1, 0.15) is 16.7 Å². The van der Waals surface area contributed by atoms with E-state index in [0.717, 1.165) is 24.1 Å². The predicted octanol–water partition coefficient (Wildman–Crippen LogP) is 5.54. The van der Waals surface area contributed by atoms with Gasteiger partial charge in [0.1, 0.15) is 18.2 Å². The Hall–Kier alpha value is -2.63. The Balaban J connectivity index is 1.53. The summed E-state index contributed by atoms with van der Waals surface area (Å²) in [4.78, 5) is 0. The van der Waals surface area contributed by atoms with Crippen molar-refractivity contribution in [2.24, 2.45) is 0 Å². The van der Waals surface area contributed by atoms with Crippen molar-refractivity contribution in [3.63, 3.8) is 0 Å². The van der Waals surface area contributed by atoms with E-state index < -0.39 is 0 Å². The van der Waals surface area contributed by atoms with Gasteiger partial charge < -0.3 is 14.8 Å². The summed E-state index contributed by atoms with van der Waals surface area (Å²) in [6.45, 7) is 1.65. The number of nitrogens with one attached hydrogen (secondary N) is 1. The Kier molecular flexibility index (Phi) is 7.44. The van der Waals surface area contributed by atoms with Gasteiger partial charge in [-0.25, -0.2) is 8.78 Å². The molecule has 0 heterocycles. The number of hydrogen-bond acceptors (Lipinski definition) is 3. The van der Waals surface area contributed by atoms with Crippen LogP contribution in [0.3, 0.4) is 0 Å². The lowest BCUT2D eigenvalue weighted by Crippen LogP contribution is -2.16. The van der Waals surface area contributed by atoms with Gasteiger partial charge in [0.2, 0.25) is 0 Å². The zero-order valence-electron chi connectivity index (χ0n) is 16.1. The lowest BCUT2D eigenvalue weighted by molar-refractivity contribution is 0.284. The van der Waals surface area contributed by atoms with Gasteiger partial charge in [-0.3, -0.25) is 0 Å². The van der Waals surface area contributed by atoms with Crippen molar-refractivity contribution in [2.75, 3.05) is 13.7 Å². The first-order valence-electron chi connectivity index (χ1n) is 9.24. The third kappa shape index (κ3) is 6.17. The lowest BCUT2D eigenvalue weighted by atomic mass is 10.1. The van der Waals surface area contributed by atoms with E-state index in [4.69, 9.17) is 21.1 Å². The van der Waals surface area contributed by atoms with Crippen LogP contribution in [0.5, 0.6) is 11.5 Å². The first-order valence-corrected chi connectivity index (χ1v) is 9.62. The molecule has 29 heavy (non-hydrogen) atoms. The van der Waals surface area contributed by atoms with Gasteiger partial charge in [-0.05, 0) is 60.5 Å². The van der Waals surface area contributed by atoms with E-state index in [-0.39, 0.29) is 18.2 Å². The average Bonchev–Trinajstić information content (AvgIpc) is 2.72. The maximum atomic E-state index is 13.1. The minimum atomic E-state index is -0.382. The third-order valence-corrected chi connectivity index (χ3v) is 4.81. The second-order valence-corrected chi connectivity index (χ2v) is 6.97. The molecule has 0 amide bonds. The summed E-state index contributed by atoms with van der Waals surface area (Å²) in [6.07, 6.45) is 0.817. The third-order valence-electron chi connectivity index (χ3n) is 4.46. The Morgan fingerprint density at radius 1 is 0.862 bits per heavy atom. The van der Waals surface area contributed by atoms with Crippen molar-refractivity contribution in [1.29, 1.82) is 0 Å². The highest BCUT2D eigenvalue weighted by Gasteiger charge is 2.08. The maximum Gasteiger partial charge on any atom is 0.161 e. The topological polar surface area (TPSA) is 30.5 Å². The van der Waals surface area contributed by atoms with Crippen molar-refractivity contribution in [1.82, 2.24) is 5.32 Å². The van der Waals surface area contributed by atoms with E-state index in [2.05, 4.69) is 5.32 Å². The molecule has 0 bridgehead atoms. The molecule has 0 aliphatic rings. The number of ether oxygens (including phenoxy) is 2. The molecule has 0 aromatic heterocycles. The molecule has 0 unspecified atom stereocenters. The molecule has 0 saturated heterocycles. The molecule has 0 atom stereocenters. The number of rotatable bonds is 9. The largest absolute Gasteiger partial charge is 0.493 e. The standard InChI is InChI=1S/C23H22ClF2NO2/c1-28-23-12-17(14-27-11-10-16-2-6-19(25)7-3-16)4-9-22(23)29-15-18-5-8-20(26)13-21(18)24/h2-9,12-13,27H,10-11,14-15H2,1H3. The van der Waals surface area contributed by atoms with Crippen molar-refractivity contribution in [3.8, 4) is 11.5 Å². The van der Waals surface area contributed by atoms with Gasteiger partial charge in [0.25, 0.3) is 0 Å². The quantitative estimate of drug-likeness (QED) is 0.464. The van der Waals surface area contributed by atoms with Gasteiger partial charge in [-0.2, -0.15) is 0 Å². The smallest absolute Gasteiger partial charge is 0.161 e. The maximum absolute atomic E-state index is 13.1. The second kappa shape index (κ2) is 10.2. The Morgan fingerprint density at radius 3 is 2.31 bits per heavy atom. The molecule has 1 N–H and O–H groups in total. The molecular formula is C23H22ClF2NO2. The van der Waals surface area contributed by atoms with E-state index >= 15 is 0 Å². The van der Waals surface area contributed by atoms with Crippen LogP contribution < -0.4 is 14.8 Å². The summed E-state index contributed by atoms with van der Waals surface area (Å²) >= 11 is 6.04. The van der Waals surface area contributed by atoms with Gasteiger partial charge in [-0.1, -0.05) is 35.9 Å². The van der Waals surface area contributed by atoms with Crippen LogP contribution in [-0.4, -0.2) is 13.7 Å². The first kappa shape index (κ1) is 21.1. The minimum Gasteiger partial charge on any atom is -0.493 e. The van der Waals surface area contributed by atoms with Crippen molar-refractivity contribution in [2.45, 2.75) is 19.6 Å². The number of benzene rings is 3. The normalized spacial score (nSPS) is 10.8. The molecule has 0 spiro atoms. The van der Waals surface area contributed by atoms with Crippen LogP contribution in [-0.2, 0) is 19.6 Å². The summed E-state index contributed by atoms with van der Waals surface area (Å²) in [5.41, 5.74) is 2.83. The van der Waals surface area contributed by atoms with Crippen LogP contribution in [0.4, 0.5) is 8.78 Å². The van der Waals surface area contributed by atoms with Crippen LogP contribution >= 0.6 is 11.6 Å². The highest BCUT2D eigenvalue weighted by molar-refractivity contribution is 6.31. The van der Waals surface area contributed by atoms with Crippen molar-refractivity contribution >= 4 is 11.6 Å². The summed E-state index contributed by atoms with van der Waals surface area (Å²) in [5, 5.41) is 3.69. The highest BCUT2D eigenvalue weighted by Crippen LogP contribution is 2.29.